The smallest absolute Gasteiger partial charge is 0.391 e. The van der Waals surface area contributed by atoms with Gasteiger partial charge in [-0.2, -0.15) is 13.2 Å². The molecule has 0 aliphatic carbocycles. The van der Waals surface area contributed by atoms with Crippen molar-refractivity contribution >= 4 is 33.2 Å². The number of nitrogens with zero attached hydrogens (tertiary/aromatic N) is 4. The van der Waals surface area contributed by atoms with Crippen molar-refractivity contribution < 1.29 is 31.5 Å². The topological polar surface area (TPSA) is 116 Å². The van der Waals surface area contributed by atoms with Gasteiger partial charge in [-0.25, -0.2) is 22.7 Å². The fourth-order valence-corrected chi connectivity index (χ4v) is 7.76. The van der Waals surface area contributed by atoms with Crippen LogP contribution in [0.2, 0.25) is 0 Å². The number of aromatic nitrogens is 2. The molecule has 0 aromatic carbocycles. The van der Waals surface area contributed by atoms with Gasteiger partial charge >= 0.3 is 6.18 Å². The van der Waals surface area contributed by atoms with Gasteiger partial charge in [0.1, 0.15) is 5.56 Å². The van der Waals surface area contributed by atoms with Crippen LogP contribution in [0.4, 0.5) is 19.1 Å². The number of carbonyl (C=O) groups is 1. The molecule has 0 bridgehead atoms. The Labute approximate surface area is 210 Å². The fourth-order valence-electron chi connectivity index (χ4n) is 5.46. The highest BCUT2D eigenvalue weighted by molar-refractivity contribution is 7.88. The Balaban J connectivity index is 1.48. The minimum absolute atomic E-state index is 0.0128. The van der Waals surface area contributed by atoms with Gasteiger partial charge in [0.15, 0.2) is 0 Å². The zero-order valence-corrected chi connectivity index (χ0v) is 21.3. The van der Waals surface area contributed by atoms with E-state index in [1.54, 1.807) is 4.90 Å². The Hall–Kier alpha value is -2.29. The van der Waals surface area contributed by atoms with E-state index in [1.807, 2.05) is 6.92 Å². The van der Waals surface area contributed by atoms with E-state index in [-0.39, 0.29) is 35.0 Å². The van der Waals surface area contributed by atoms with E-state index < -0.39 is 33.4 Å². The fraction of sp³-hybridized carbons (Fsp3) is 0.591. The van der Waals surface area contributed by atoms with E-state index in [0.717, 1.165) is 23.8 Å². The van der Waals surface area contributed by atoms with Crippen LogP contribution >= 0.6 is 11.3 Å². The molecule has 2 N–H and O–H groups in total. The summed E-state index contributed by atoms with van der Waals surface area (Å²) in [4.78, 5) is 23.7. The lowest BCUT2D eigenvalue weighted by molar-refractivity contribution is -0.137. The Morgan fingerprint density at radius 1 is 1.31 bits per heavy atom. The number of hydrogen-bond donors (Lipinski definition) is 2. The van der Waals surface area contributed by atoms with Crippen molar-refractivity contribution in [1.29, 1.82) is 0 Å². The maximum Gasteiger partial charge on any atom is 0.420 e. The number of carbonyl (C=O) groups excluding carboxylic acids is 1. The van der Waals surface area contributed by atoms with Crippen molar-refractivity contribution in [3.8, 4) is 10.6 Å². The van der Waals surface area contributed by atoms with Crippen LogP contribution in [0.15, 0.2) is 12.3 Å². The summed E-state index contributed by atoms with van der Waals surface area (Å²) in [6.07, 6.45) is -1.69. The first-order chi connectivity index (χ1) is 16.8. The molecule has 2 unspecified atom stereocenters. The lowest BCUT2D eigenvalue weighted by atomic mass is 9.91. The molecule has 2 fully saturated rings. The van der Waals surface area contributed by atoms with Gasteiger partial charge in [0, 0.05) is 43.2 Å². The molecular weight excluding hydrogens is 519 g/mol. The summed E-state index contributed by atoms with van der Waals surface area (Å²) in [7, 11) is -3.30. The SMILES string of the molecule is CCC12CC(O)CN1C(=O)c1cc(-c3nc(NC4CCN(S(C)(=O)=O)CC4)ncc3C(F)(F)F)sc12. The van der Waals surface area contributed by atoms with Crippen LogP contribution < -0.4 is 5.32 Å². The van der Waals surface area contributed by atoms with Crippen molar-refractivity contribution in [3.05, 3.63) is 28.3 Å². The minimum Gasteiger partial charge on any atom is -0.391 e. The third-order valence-electron chi connectivity index (χ3n) is 7.28. The maximum absolute atomic E-state index is 13.9. The maximum atomic E-state index is 13.9. The lowest BCUT2D eigenvalue weighted by Crippen LogP contribution is -2.42. The standard InChI is InChI=1S/C22H26F3N5O4S2/c1-3-21-9-13(31)11-30(21)19(32)14-8-16(35-18(14)21)17-15(22(23,24)25)10-26-20(28-17)27-12-4-6-29(7-5-12)36(2,33)34/h8,10,12-13,31H,3-7,9,11H2,1-2H3,(H,26,27,28). The van der Waals surface area contributed by atoms with Gasteiger partial charge in [-0.05, 0) is 25.3 Å². The summed E-state index contributed by atoms with van der Waals surface area (Å²) in [6, 6.07) is 1.27. The predicted molar refractivity (Wildman–Crippen MR) is 127 cm³/mol. The van der Waals surface area contributed by atoms with E-state index in [0.29, 0.717) is 49.2 Å². The molecule has 9 nitrogen and oxygen atoms in total. The molecule has 2 aromatic heterocycles. The summed E-state index contributed by atoms with van der Waals surface area (Å²) < 4.78 is 66.5. The van der Waals surface area contributed by atoms with Crippen molar-refractivity contribution in [2.45, 2.75) is 56.5 Å². The summed E-state index contributed by atoms with van der Waals surface area (Å²) in [5.41, 5.74) is -1.66. The number of anilines is 1. The third kappa shape index (κ3) is 4.17. The van der Waals surface area contributed by atoms with Crippen molar-refractivity contribution in [3.63, 3.8) is 0 Å². The van der Waals surface area contributed by atoms with Crippen LogP contribution in [0.25, 0.3) is 10.6 Å². The van der Waals surface area contributed by atoms with Gasteiger partial charge in [0.05, 0.1) is 34.0 Å². The number of rotatable bonds is 5. The van der Waals surface area contributed by atoms with Crippen LogP contribution in [0.5, 0.6) is 0 Å². The quantitative estimate of drug-likeness (QED) is 0.594. The minimum atomic E-state index is -4.70. The van der Waals surface area contributed by atoms with Crippen LogP contribution in [0.3, 0.4) is 0 Å². The molecule has 3 aliphatic heterocycles. The molecule has 2 aromatic rings. The Bertz CT molecular complexity index is 1310. The highest BCUT2D eigenvalue weighted by Gasteiger charge is 2.55. The van der Waals surface area contributed by atoms with Gasteiger partial charge in [-0.15, -0.1) is 11.3 Å². The van der Waals surface area contributed by atoms with Crippen molar-refractivity contribution in [2.75, 3.05) is 31.2 Å². The van der Waals surface area contributed by atoms with Crippen LogP contribution in [-0.4, -0.2) is 76.6 Å². The zero-order valence-electron chi connectivity index (χ0n) is 19.7. The Kier molecular flexibility index (Phi) is 6.09. The van der Waals surface area contributed by atoms with E-state index in [4.69, 9.17) is 0 Å². The molecule has 0 spiro atoms. The third-order valence-corrected chi connectivity index (χ3v) is 9.92. The molecule has 5 rings (SSSR count). The normalized spacial score (nSPS) is 25.3. The molecule has 5 heterocycles. The number of fused-ring (bicyclic) bond motifs is 3. The average molecular weight is 546 g/mol. The monoisotopic (exact) mass is 545 g/mol. The number of halogens is 3. The Morgan fingerprint density at radius 3 is 2.61 bits per heavy atom. The molecule has 0 radical (unpaired) electrons. The van der Waals surface area contributed by atoms with Crippen molar-refractivity contribution in [1.82, 2.24) is 19.2 Å². The molecule has 36 heavy (non-hydrogen) atoms. The van der Waals surface area contributed by atoms with E-state index in [9.17, 15) is 31.5 Å². The number of nitrogens with one attached hydrogen (secondary N) is 1. The predicted octanol–water partition coefficient (Wildman–Crippen LogP) is 2.89. The lowest BCUT2D eigenvalue weighted by Gasteiger charge is -2.31. The highest BCUT2D eigenvalue weighted by atomic mass is 32.2. The first-order valence-corrected chi connectivity index (χ1v) is 14.3. The number of amides is 1. The molecule has 196 valence electrons. The highest BCUT2D eigenvalue weighted by Crippen LogP contribution is 2.54. The van der Waals surface area contributed by atoms with E-state index in [2.05, 4.69) is 15.3 Å². The molecule has 2 saturated heterocycles. The second-order valence-corrected chi connectivity index (χ2v) is 12.6. The number of hydrogen-bond acceptors (Lipinski definition) is 8. The van der Waals surface area contributed by atoms with E-state index in [1.165, 1.54) is 10.4 Å². The molecule has 3 aliphatic rings. The number of aliphatic hydroxyl groups is 1. The summed E-state index contributed by atoms with van der Waals surface area (Å²) in [5, 5.41) is 13.2. The van der Waals surface area contributed by atoms with Crippen LogP contribution in [0.1, 0.15) is 53.4 Å². The number of sulfonamides is 1. The second kappa shape index (κ2) is 8.64. The molecule has 0 saturated carbocycles. The molecule has 2 atom stereocenters. The Morgan fingerprint density at radius 2 is 2.00 bits per heavy atom. The summed E-state index contributed by atoms with van der Waals surface area (Å²) >= 11 is 1.10. The van der Waals surface area contributed by atoms with Gasteiger partial charge in [0.2, 0.25) is 16.0 Å². The first kappa shape index (κ1) is 25.4. The average Bonchev–Trinajstić information content (AvgIpc) is 3.44. The van der Waals surface area contributed by atoms with Gasteiger partial charge in [0.25, 0.3) is 5.91 Å². The van der Waals surface area contributed by atoms with Gasteiger partial charge in [-0.1, -0.05) is 6.92 Å². The second-order valence-electron chi connectivity index (χ2n) is 9.55. The van der Waals surface area contributed by atoms with Crippen molar-refractivity contribution in [2.24, 2.45) is 0 Å². The van der Waals surface area contributed by atoms with Gasteiger partial charge < -0.3 is 15.3 Å². The largest absolute Gasteiger partial charge is 0.420 e. The number of thiophene rings is 1. The molecule has 14 heteroatoms. The summed E-state index contributed by atoms with van der Waals surface area (Å²) in [6.45, 7) is 2.70. The van der Waals surface area contributed by atoms with Gasteiger partial charge in [-0.3, -0.25) is 4.79 Å². The molecule has 1 amide bonds. The number of aliphatic hydroxyl groups excluding tert-OH is 1. The number of alkyl halides is 3. The van der Waals surface area contributed by atoms with Crippen LogP contribution in [-0.2, 0) is 21.7 Å². The van der Waals surface area contributed by atoms with E-state index >= 15 is 0 Å². The zero-order chi connectivity index (χ0) is 26.0. The summed E-state index contributed by atoms with van der Waals surface area (Å²) in [5.74, 6) is -0.275. The van der Waals surface area contributed by atoms with Crippen LogP contribution in [0, 0.1) is 0 Å². The molecular formula is C22H26F3N5O4S2. The first-order valence-electron chi connectivity index (χ1n) is 11.6. The number of piperidine rings is 1.